The lowest BCUT2D eigenvalue weighted by atomic mass is 10.1. The Bertz CT molecular complexity index is 570. The lowest BCUT2D eigenvalue weighted by molar-refractivity contribution is -0.141. The fourth-order valence-electron chi connectivity index (χ4n) is 1.39. The largest absolute Gasteiger partial charge is 0.502 e. The van der Waals surface area contributed by atoms with Crippen molar-refractivity contribution in [3.05, 3.63) is 66.0 Å². The van der Waals surface area contributed by atoms with E-state index in [1.165, 1.54) is 0 Å². The Morgan fingerprint density at radius 2 is 1.78 bits per heavy atom. The van der Waals surface area contributed by atoms with Gasteiger partial charge in [0.2, 0.25) is 0 Å². The van der Waals surface area contributed by atoms with Crippen LogP contribution in [0.25, 0.3) is 6.08 Å². The first-order chi connectivity index (χ1) is 10.9. The van der Waals surface area contributed by atoms with Crippen LogP contribution >= 0.6 is 0 Å². The van der Waals surface area contributed by atoms with E-state index in [0.29, 0.717) is 12.0 Å². The van der Waals surface area contributed by atoms with Gasteiger partial charge in [-0.15, -0.1) is 0 Å². The summed E-state index contributed by atoms with van der Waals surface area (Å²) in [7, 11) is 0. The number of benzene rings is 1. The Labute approximate surface area is 136 Å². The molecular formula is C18H22O5. The second-order valence-electron chi connectivity index (χ2n) is 4.29. The molecule has 0 atom stereocenters. The molecule has 0 amide bonds. The van der Waals surface area contributed by atoms with Crippen LogP contribution in [0.5, 0.6) is 0 Å². The second-order valence-corrected chi connectivity index (χ2v) is 4.29. The second kappa shape index (κ2) is 11.8. The molecule has 1 aromatic carbocycles. The highest BCUT2D eigenvalue weighted by atomic mass is 16.5. The number of aliphatic carboxylic acids is 1. The third-order valence-corrected chi connectivity index (χ3v) is 2.55. The lowest BCUT2D eigenvalue weighted by Gasteiger charge is -1.95. The van der Waals surface area contributed by atoms with Crippen molar-refractivity contribution in [2.45, 2.75) is 20.3 Å². The summed E-state index contributed by atoms with van der Waals surface area (Å²) in [6.45, 7) is 6.70. The molecular weight excluding hydrogens is 296 g/mol. The van der Waals surface area contributed by atoms with Crippen molar-refractivity contribution in [1.82, 2.24) is 0 Å². The Hall–Kier alpha value is -2.82. The summed E-state index contributed by atoms with van der Waals surface area (Å²) in [6, 6.07) is 9.78. The standard InChI is InChI=1S/C13H14O2.C5H8O3/c1-2-12(13(14)15)10-6-9-11-7-4-3-5-8-11;1-3-8-5(7)4(2)6/h3-10H,2H2,1H3,(H,14,15);6H,2-3H2,1H3. The fourth-order valence-corrected chi connectivity index (χ4v) is 1.39. The summed E-state index contributed by atoms with van der Waals surface area (Å²) in [5.41, 5.74) is 1.48. The van der Waals surface area contributed by atoms with Gasteiger partial charge in [-0.2, -0.15) is 0 Å². The molecule has 0 heterocycles. The quantitative estimate of drug-likeness (QED) is 0.361. The predicted octanol–water partition coefficient (Wildman–Crippen LogP) is 3.74. The van der Waals surface area contributed by atoms with Crippen molar-refractivity contribution < 1.29 is 24.5 Å². The van der Waals surface area contributed by atoms with Gasteiger partial charge in [0, 0.05) is 5.57 Å². The maximum absolute atomic E-state index is 10.7. The van der Waals surface area contributed by atoms with E-state index in [-0.39, 0.29) is 6.61 Å². The number of hydrogen-bond donors (Lipinski definition) is 2. The number of ether oxygens (including phenoxy) is 1. The van der Waals surface area contributed by atoms with Gasteiger partial charge < -0.3 is 14.9 Å². The molecule has 5 heteroatoms. The molecule has 124 valence electrons. The minimum Gasteiger partial charge on any atom is -0.502 e. The van der Waals surface area contributed by atoms with Gasteiger partial charge in [0.15, 0.2) is 5.76 Å². The summed E-state index contributed by atoms with van der Waals surface area (Å²) in [6.07, 6.45) is 5.82. The summed E-state index contributed by atoms with van der Waals surface area (Å²) in [5, 5.41) is 17.1. The molecule has 0 unspecified atom stereocenters. The number of hydrogen-bond acceptors (Lipinski definition) is 4. The first-order valence-corrected chi connectivity index (χ1v) is 7.12. The Balaban J connectivity index is 0.000000515. The van der Waals surface area contributed by atoms with Gasteiger partial charge in [-0.1, -0.05) is 55.5 Å². The number of allylic oxidation sites excluding steroid dienone is 2. The van der Waals surface area contributed by atoms with Crippen LogP contribution in [0.1, 0.15) is 25.8 Å². The number of carboxylic acids is 1. The number of esters is 1. The van der Waals surface area contributed by atoms with Gasteiger partial charge >= 0.3 is 11.9 Å². The van der Waals surface area contributed by atoms with Crippen LogP contribution in [-0.2, 0) is 14.3 Å². The molecule has 0 aromatic heterocycles. The van der Waals surface area contributed by atoms with Gasteiger partial charge in [-0.05, 0) is 25.5 Å². The van der Waals surface area contributed by atoms with Crippen molar-refractivity contribution in [3.8, 4) is 0 Å². The highest BCUT2D eigenvalue weighted by Gasteiger charge is 2.02. The van der Waals surface area contributed by atoms with Crippen LogP contribution in [-0.4, -0.2) is 28.8 Å². The van der Waals surface area contributed by atoms with E-state index in [4.69, 9.17) is 10.2 Å². The third-order valence-electron chi connectivity index (χ3n) is 2.55. The molecule has 5 nitrogen and oxygen atoms in total. The average Bonchev–Trinajstić information content (AvgIpc) is 2.53. The third kappa shape index (κ3) is 9.68. The maximum atomic E-state index is 10.7. The highest BCUT2D eigenvalue weighted by molar-refractivity contribution is 5.87. The van der Waals surface area contributed by atoms with E-state index >= 15 is 0 Å². The van der Waals surface area contributed by atoms with Crippen LogP contribution in [0.2, 0.25) is 0 Å². The molecule has 0 saturated carbocycles. The Morgan fingerprint density at radius 3 is 2.17 bits per heavy atom. The van der Waals surface area contributed by atoms with E-state index < -0.39 is 17.7 Å². The van der Waals surface area contributed by atoms with Crippen molar-refractivity contribution in [3.63, 3.8) is 0 Å². The molecule has 23 heavy (non-hydrogen) atoms. The van der Waals surface area contributed by atoms with Crippen molar-refractivity contribution in [2.75, 3.05) is 6.61 Å². The van der Waals surface area contributed by atoms with Crippen LogP contribution in [0.3, 0.4) is 0 Å². The summed E-state index contributed by atoms with van der Waals surface area (Å²) in [5.74, 6) is -2.16. The molecule has 0 saturated heterocycles. The maximum Gasteiger partial charge on any atom is 0.372 e. The number of carboxylic acid groups (broad SMARTS) is 1. The molecule has 0 bridgehead atoms. The minimum absolute atomic E-state index is 0.262. The smallest absolute Gasteiger partial charge is 0.372 e. The molecule has 0 aliphatic carbocycles. The van der Waals surface area contributed by atoms with E-state index in [2.05, 4.69) is 11.3 Å². The monoisotopic (exact) mass is 318 g/mol. The number of aliphatic hydroxyl groups is 1. The van der Waals surface area contributed by atoms with Gasteiger partial charge in [0.25, 0.3) is 0 Å². The summed E-state index contributed by atoms with van der Waals surface area (Å²) in [4.78, 5) is 20.8. The summed E-state index contributed by atoms with van der Waals surface area (Å²) >= 11 is 0. The van der Waals surface area contributed by atoms with Crippen LogP contribution in [0.4, 0.5) is 0 Å². The topological polar surface area (TPSA) is 83.8 Å². The van der Waals surface area contributed by atoms with Gasteiger partial charge in [-0.25, -0.2) is 9.59 Å². The molecule has 2 N–H and O–H groups in total. The van der Waals surface area contributed by atoms with E-state index in [0.717, 1.165) is 5.56 Å². The zero-order valence-corrected chi connectivity index (χ0v) is 13.4. The lowest BCUT2D eigenvalue weighted by Crippen LogP contribution is -2.05. The van der Waals surface area contributed by atoms with Gasteiger partial charge in [-0.3, -0.25) is 0 Å². The van der Waals surface area contributed by atoms with E-state index in [1.54, 1.807) is 19.1 Å². The molecule has 0 aliphatic heterocycles. The van der Waals surface area contributed by atoms with Crippen LogP contribution in [0.15, 0.2) is 60.4 Å². The SMILES string of the molecule is C=C(O)C(=O)OCC.CCC(=CC=Cc1ccccc1)C(=O)O. The Kier molecular flexibility index (Phi) is 10.4. The first kappa shape index (κ1) is 20.2. The van der Waals surface area contributed by atoms with Gasteiger partial charge in [0.05, 0.1) is 6.61 Å². The molecule has 0 radical (unpaired) electrons. The number of carbonyl (C=O) groups is 2. The van der Waals surface area contributed by atoms with Crippen molar-refractivity contribution >= 4 is 18.0 Å². The Morgan fingerprint density at radius 1 is 1.17 bits per heavy atom. The number of rotatable bonds is 6. The van der Waals surface area contributed by atoms with Gasteiger partial charge in [0.1, 0.15) is 0 Å². The number of carbonyl (C=O) groups excluding carboxylic acids is 1. The zero-order chi connectivity index (χ0) is 17.7. The van der Waals surface area contributed by atoms with E-state index in [1.807, 2.05) is 43.3 Å². The minimum atomic E-state index is -0.852. The molecule has 1 aromatic rings. The fraction of sp³-hybridized carbons (Fsp3) is 0.222. The molecule has 1 rings (SSSR count). The summed E-state index contributed by atoms with van der Waals surface area (Å²) < 4.78 is 4.31. The molecule has 0 fully saturated rings. The normalized spacial score (nSPS) is 10.6. The first-order valence-electron chi connectivity index (χ1n) is 7.12. The highest BCUT2D eigenvalue weighted by Crippen LogP contribution is 2.04. The average molecular weight is 318 g/mol. The van der Waals surface area contributed by atoms with E-state index in [9.17, 15) is 9.59 Å². The molecule has 0 spiro atoms. The molecule has 0 aliphatic rings. The zero-order valence-electron chi connectivity index (χ0n) is 13.4. The number of aliphatic hydroxyl groups excluding tert-OH is 1. The van der Waals surface area contributed by atoms with Crippen LogP contribution in [0, 0.1) is 0 Å². The van der Waals surface area contributed by atoms with Crippen molar-refractivity contribution in [2.24, 2.45) is 0 Å². The predicted molar refractivity (Wildman–Crippen MR) is 89.9 cm³/mol. The van der Waals surface area contributed by atoms with Crippen molar-refractivity contribution in [1.29, 1.82) is 0 Å². The van der Waals surface area contributed by atoms with Crippen LogP contribution < -0.4 is 0 Å².